The maximum atomic E-state index is 12.3. The van der Waals surface area contributed by atoms with E-state index < -0.39 is 10.0 Å². The topological polar surface area (TPSA) is 82.8 Å². The van der Waals surface area contributed by atoms with Crippen molar-refractivity contribution in [2.75, 3.05) is 26.2 Å². The van der Waals surface area contributed by atoms with Gasteiger partial charge >= 0.3 is 0 Å². The molecule has 0 fully saturated rings. The molecule has 20 heavy (non-hydrogen) atoms. The normalized spacial score (nSPS) is 12.3. The van der Waals surface area contributed by atoms with Gasteiger partial charge in [-0.05, 0) is 26.9 Å². The first kappa shape index (κ1) is 17.2. The van der Waals surface area contributed by atoms with Gasteiger partial charge in [0.25, 0.3) is 0 Å². The SMILES string of the molecule is CCN(CC)CCNS(=O)(=O)c1c(C)oc(C)c1CO. The zero-order valence-corrected chi connectivity index (χ0v) is 13.4. The van der Waals surface area contributed by atoms with Crippen molar-refractivity contribution >= 4 is 10.0 Å². The van der Waals surface area contributed by atoms with E-state index in [0.717, 1.165) is 13.1 Å². The third-order valence-electron chi connectivity index (χ3n) is 3.37. The summed E-state index contributed by atoms with van der Waals surface area (Å²) < 4.78 is 32.5. The molecule has 0 saturated carbocycles. The Labute approximate surface area is 120 Å². The van der Waals surface area contributed by atoms with Gasteiger partial charge in [-0.3, -0.25) is 0 Å². The lowest BCUT2D eigenvalue weighted by atomic mass is 10.2. The van der Waals surface area contributed by atoms with Crippen molar-refractivity contribution in [1.82, 2.24) is 9.62 Å². The third-order valence-corrected chi connectivity index (χ3v) is 5.02. The third kappa shape index (κ3) is 3.82. The van der Waals surface area contributed by atoms with Crippen molar-refractivity contribution in [2.45, 2.75) is 39.2 Å². The van der Waals surface area contributed by atoms with Crippen molar-refractivity contribution in [1.29, 1.82) is 0 Å². The molecule has 0 radical (unpaired) electrons. The maximum Gasteiger partial charge on any atom is 0.244 e. The van der Waals surface area contributed by atoms with Gasteiger partial charge in [0, 0.05) is 18.7 Å². The van der Waals surface area contributed by atoms with Crippen LogP contribution in [0.1, 0.15) is 30.9 Å². The second kappa shape index (κ2) is 7.21. The van der Waals surface area contributed by atoms with Crippen LogP contribution in [0.3, 0.4) is 0 Å². The predicted molar refractivity (Wildman–Crippen MR) is 77.1 cm³/mol. The van der Waals surface area contributed by atoms with Gasteiger partial charge in [0.1, 0.15) is 16.4 Å². The zero-order valence-electron chi connectivity index (χ0n) is 12.6. The minimum atomic E-state index is -3.66. The molecule has 6 nitrogen and oxygen atoms in total. The Bertz CT molecular complexity index is 533. The number of furan rings is 1. The van der Waals surface area contributed by atoms with Crippen LogP contribution in [-0.2, 0) is 16.6 Å². The highest BCUT2D eigenvalue weighted by molar-refractivity contribution is 7.89. The van der Waals surface area contributed by atoms with Crippen molar-refractivity contribution < 1.29 is 17.9 Å². The molecule has 0 unspecified atom stereocenters. The Morgan fingerprint density at radius 1 is 1.20 bits per heavy atom. The average Bonchev–Trinajstić information content (AvgIpc) is 2.69. The molecule has 116 valence electrons. The lowest BCUT2D eigenvalue weighted by Crippen LogP contribution is -2.35. The number of sulfonamides is 1. The molecule has 0 amide bonds. The average molecular weight is 304 g/mol. The summed E-state index contributed by atoms with van der Waals surface area (Å²) >= 11 is 0. The molecule has 1 aromatic rings. The standard InChI is InChI=1S/C13H24N2O4S/c1-5-15(6-2)8-7-14-20(17,18)13-11(4)19-10(3)12(13)9-16/h14,16H,5-9H2,1-4H3. The van der Waals surface area contributed by atoms with Gasteiger partial charge < -0.3 is 14.4 Å². The van der Waals surface area contributed by atoms with Crippen LogP contribution in [0.15, 0.2) is 9.31 Å². The molecule has 0 aliphatic carbocycles. The highest BCUT2D eigenvalue weighted by atomic mass is 32.2. The molecule has 0 aliphatic rings. The minimum absolute atomic E-state index is 0.0667. The van der Waals surface area contributed by atoms with Crippen LogP contribution in [0.4, 0.5) is 0 Å². The smallest absolute Gasteiger partial charge is 0.244 e. The van der Waals surface area contributed by atoms with E-state index in [1.54, 1.807) is 13.8 Å². The molecule has 0 aromatic carbocycles. The van der Waals surface area contributed by atoms with Crippen LogP contribution in [0.2, 0.25) is 0 Å². The Kier molecular flexibility index (Phi) is 6.19. The van der Waals surface area contributed by atoms with Crippen molar-refractivity contribution in [3.8, 4) is 0 Å². The van der Waals surface area contributed by atoms with Gasteiger partial charge in [-0.25, -0.2) is 13.1 Å². The van der Waals surface area contributed by atoms with Gasteiger partial charge in [-0.1, -0.05) is 13.8 Å². The summed E-state index contributed by atoms with van der Waals surface area (Å²) in [5.41, 5.74) is 0.331. The minimum Gasteiger partial charge on any atom is -0.465 e. The monoisotopic (exact) mass is 304 g/mol. The first-order valence-corrected chi connectivity index (χ1v) is 8.27. The molecule has 1 heterocycles. The molecular formula is C13H24N2O4S. The van der Waals surface area contributed by atoms with E-state index >= 15 is 0 Å². The fourth-order valence-electron chi connectivity index (χ4n) is 2.19. The largest absolute Gasteiger partial charge is 0.465 e. The van der Waals surface area contributed by atoms with Crippen LogP contribution < -0.4 is 4.72 Å². The quantitative estimate of drug-likeness (QED) is 0.749. The second-order valence-corrected chi connectivity index (χ2v) is 6.31. The fourth-order valence-corrected chi connectivity index (χ4v) is 3.65. The van der Waals surface area contributed by atoms with Crippen LogP contribution in [-0.4, -0.2) is 44.6 Å². The van der Waals surface area contributed by atoms with Crippen LogP contribution in [0.25, 0.3) is 0 Å². The van der Waals surface area contributed by atoms with E-state index in [9.17, 15) is 13.5 Å². The molecule has 0 spiro atoms. The number of nitrogens with zero attached hydrogens (tertiary/aromatic N) is 1. The van der Waals surface area contributed by atoms with Crippen molar-refractivity contribution in [3.63, 3.8) is 0 Å². The predicted octanol–water partition coefficient (Wildman–Crippen LogP) is 1.01. The molecule has 0 aliphatic heterocycles. The highest BCUT2D eigenvalue weighted by Crippen LogP contribution is 2.26. The first-order chi connectivity index (χ1) is 9.37. The van der Waals surface area contributed by atoms with E-state index in [1.807, 2.05) is 13.8 Å². The molecule has 7 heteroatoms. The van der Waals surface area contributed by atoms with Crippen LogP contribution >= 0.6 is 0 Å². The lowest BCUT2D eigenvalue weighted by molar-refractivity contribution is 0.276. The van der Waals surface area contributed by atoms with E-state index in [1.165, 1.54) is 0 Å². The Hall–Kier alpha value is -0.890. The molecule has 0 saturated heterocycles. The van der Waals surface area contributed by atoms with Gasteiger partial charge in [0.2, 0.25) is 10.0 Å². The van der Waals surface area contributed by atoms with E-state index in [0.29, 0.717) is 30.2 Å². The summed E-state index contributed by atoms with van der Waals surface area (Å²) in [4.78, 5) is 2.19. The Morgan fingerprint density at radius 2 is 1.80 bits per heavy atom. The molecule has 0 atom stereocenters. The number of hydrogen-bond acceptors (Lipinski definition) is 5. The molecule has 1 aromatic heterocycles. The number of rotatable bonds is 8. The van der Waals surface area contributed by atoms with Gasteiger partial charge in [0.05, 0.1) is 6.61 Å². The Morgan fingerprint density at radius 3 is 2.30 bits per heavy atom. The van der Waals surface area contributed by atoms with E-state index in [4.69, 9.17) is 4.42 Å². The number of likely N-dealkylation sites (N-methyl/N-ethyl adjacent to an activating group) is 1. The summed E-state index contributed by atoms with van der Waals surface area (Å²) in [6.45, 7) is 9.69. The number of aliphatic hydroxyl groups is 1. The van der Waals surface area contributed by atoms with E-state index in [-0.39, 0.29) is 11.5 Å². The summed E-state index contributed by atoms with van der Waals surface area (Å²) in [7, 11) is -3.66. The summed E-state index contributed by atoms with van der Waals surface area (Å²) in [5, 5.41) is 9.31. The lowest BCUT2D eigenvalue weighted by Gasteiger charge is -2.18. The number of nitrogens with one attached hydrogen (secondary N) is 1. The molecule has 2 N–H and O–H groups in total. The van der Waals surface area contributed by atoms with Crippen LogP contribution in [0, 0.1) is 13.8 Å². The maximum absolute atomic E-state index is 12.3. The van der Waals surface area contributed by atoms with Gasteiger partial charge in [0.15, 0.2) is 0 Å². The molecular weight excluding hydrogens is 280 g/mol. The van der Waals surface area contributed by atoms with E-state index in [2.05, 4.69) is 9.62 Å². The zero-order chi connectivity index (χ0) is 15.3. The number of aliphatic hydroxyl groups excluding tert-OH is 1. The molecule has 1 rings (SSSR count). The summed E-state index contributed by atoms with van der Waals surface area (Å²) in [6.07, 6.45) is 0. The molecule has 0 bridgehead atoms. The Balaban J connectivity index is 2.84. The first-order valence-electron chi connectivity index (χ1n) is 6.79. The summed E-state index contributed by atoms with van der Waals surface area (Å²) in [5.74, 6) is 0.746. The number of hydrogen-bond donors (Lipinski definition) is 2. The highest BCUT2D eigenvalue weighted by Gasteiger charge is 2.26. The fraction of sp³-hybridized carbons (Fsp3) is 0.692. The van der Waals surface area contributed by atoms with Crippen molar-refractivity contribution in [3.05, 3.63) is 17.1 Å². The number of aryl methyl sites for hydroxylation is 2. The second-order valence-electron chi connectivity index (χ2n) is 4.60. The summed E-state index contributed by atoms with van der Waals surface area (Å²) in [6, 6.07) is 0. The van der Waals surface area contributed by atoms with Crippen LogP contribution in [0.5, 0.6) is 0 Å². The van der Waals surface area contributed by atoms with Gasteiger partial charge in [-0.2, -0.15) is 0 Å². The van der Waals surface area contributed by atoms with Gasteiger partial charge in [-0.15, -0.1) is 0 Å². The van der Waals surface area contributed by atoms with Crippen molar-refractivity contribution in [2.24, 2.45) is 0 Å².